The van der Waals surface area contributed by atoms with Crippen molar-refractivity contribution in [3.05, 3.63) is 0 Å². The summed E-state index contributed by atoms with van der Waals surface area (Å²) in [4.78, 5) is 0. The quantitative estimate of drug-likeness (QED) is 0.407. The fourth-order valence-electron chi connectivity index (χ4n) is 0. The van der Waals surface area contributed by atoms with E-state index in [1.807, 2.05) is 0 Å². The molecule has 0 aliphatic rings. The molecule has 0 aliphatic carbocycles. The first kappa shape index (κ1) is 29.3. The minimum absolute atomic E-state index is 0. The third-order valence-electron chi connectivity index (χ3n) is 0. The second-order valence-electron chi connectivity index (χ2n) is 0.823. The number of halogens is 3. The van der Waals surface area contributed by atoms with Crippen molar-refractivity contribution >= 4 is 22.2 Å². The third-order valence-corrected chi connectivity index (χ3v) is 0. The number of hydrogen-bond acceptors (Lipinski definition) is 6. The number of rotatable bonds is 0. The van der Waals surface area contributed by atoms with Crippen LogP contribution in [0.4, 0.5) is 12.9 Å². The van der Waals surface area contributed by atoms with Gasteiger partial charge in [-0.15, -0.1) is 0 Å². The molecule has 0 aromatic heterocycles. The van der Waals surface area contributed by atoms with Crippen LogP contribution in [0.3, 0.4) is 0 Å². The summed E-state index contributed by atoms with van der Waals surface area (Å²) in [5.74, 6) is 0. The van der Waals surface area contributed by atoms with Crippen molar-refractivity contribution < 1.29 is 77.2 Å². The third kappa shape index (κ3) is 2890. The van der Waals surface area contributed by atoms with Crippen molar-refractivity contribution in [3.63, 3.8) is 0 Å². The molecule has 0 aromatic rings. The minimum Gasteiger partial charge on any atom is -0.867 e. The maximum absolute atomic E-state index is 9.89. The zero-order chi connectivity index (χ0) is 10.7. The number of hydrogen-bond donors (Lipinski definition) is 0. The van der Waals surface area contributed by atoms with Crippen molar-refractivity contribution in [1.29, 1.82) is 0 Å². The zero-order valence-electron chi connectivity index (χ0n) is 6.02. The molecule has 0 spiro atoms. The Morgan fingerprint density at radius 1 is 0.500 bits per heavy atom. The summed E-state index contributed by atoms with van der Waals surface area (Å²) in [7, 11) is -9.50. The normalized spacial score (nSPS) is 5.79. The first-order valence-corrected chi connectivity index (χ1v) is 2.07. The molecule has 0 N–H and O–H groups in total. The molecule has 82 valence electrons. The topological polar surface area (TPSA) is 138 Å². The average Bonchev–Trinajstić information content (AvgIpc) is 1.54. The molecule has 0 aromatic carbocycles. The van der Waals surface area contributed by atoms with E-state index in [0.717, 1.165) is 0 Å². The molecule has 0 saturated heterocycles. The molecule has 0 bridgehead atoms. The van der Waals surface area contributed by atoms with Gasteiger partial charge in [-0.1, -0.05) is 0 Å². The SMILES string of the molecule is [Fe+3].[Fe+3].[O-]B([O-])F.[O-]B([O-])F.[O-]B([O-])F. The fourth-order valence-corrected chi connectivity index (χ4v) is 0. The van der Waals surface area contributed by atoms with Gasteiger partial charge in [-0.3, -0.25) is 0 Å². The van der Waals surface area contributed by atoms with E-state index >= 15 is 0 Å². The standard InChI is InChI=1S/3BFO2.2Fe/c3*2-1(3)4;;/q3*-2;2*+3. The van der Waals surface area contributed by atoms with Crippen molar-refractivity contribution in [2.45, 2.75) is 0 Å². The Balaban J connectivity index is -0.0000000270. The Hall–Kier alpha value is 0.784. The largest absolute Gasteiger partial charge is 3.00 e. The van der Waals surface area contributed by atoms with Gasteiger partial charge in [0.15, 0.2) is 0 Å². The molecule has 0 atom stereocenters. The molecule has 14 heavy (non-hydrogen) atoms. The molecule has 0 heterocycles. The Morgan fingerprint density at radius 2 is 0.500 bits per heavy atom. The summed E-state index contributed by atoms with van der Waals surface area (Å²) in [5, 5.41) is 49.8. The Bertz CT molecular complexity index is 54.8. The second-order valence-corrected chi connectivity index (χ2v) is 0.823. The van der Waals surface area contributed by atoms with Gasteiger partial charge in [-0.2, -0.15) is 0 Å². The summed E-state index contributed by atoms with van der Waals surface area (Å²) in [6.45, 7) is 0. The van der Waals surface area contributed by atoms with Crippen LogP contribution >= 0.6 is 0 Å². The van der Waals surface area contributed by atoms with E-state index in [0.29, 0.717) is 0 Å². The van der Waals surface area contributed by atoms with Crippen molar-refractivity contribution in [2.24, 2.45) is 0 Å². The van der Waals surface area contributed by atoms with E-state index in [1.54, 1.807) is 0 Å². The molecule has 0 fully saturated rings. The molecule has 0 rings (SSSR count). The van der Waals surface area contributed by atoms with Crippen LogP contribution in [0.15, 0.2) is 0 Å². The summed E-state index contributed by atoms with van der Waals surface area (Å²) < 4.78 is 29.7. The van der Waals surface area contributed by atoms with E-state index in [4.69, 9.17) is 30.1 Å². The molecule has 2 radical (unpaired) electrons. The summed E-state index contributed by atoms with van der Waals surface area (Å²) in [6.07, 6.45) is 0. The molecule has 6 nitrogen and oxygen atoms in total. The van der Waals surface area contributed by atoms with E-state index in [-0.39, 0.29) is 34.1 Å². The second kappa shape index (κ2) is 23.5. The van der Waals surface area contributed by atoms with Crippen LogP contribution in [0, 0.1) is 0 Å². The van der Waals surface area contributed by atoms with Gasteiger partial charge in [0.25, 0.3) is 0 Å². The monoisotopic (exact) mass is 298 g/mol. The maximum Gasteiger partial charge on any atom is 3.00 e. The molecular weight excluding hydrogens is 297 g/mol. The molecule has 0 saturated carbocycles. The van der Waals surface area contributed by atoms with Crippen molar-refractivity contribution in [2.75, 3.05) is 0 Å². The van der Waals surface area contributed by atoms with Crippen molar-refractivity contribution in [3.8, 4) is 0 Å². The van der Waals surface area contributed by atoms with Gasteiger partial charge in [0.2, 0.25) is 0 Å². The van der Waals surface area contributed by atoms with Crippen LogP contribution in [-0.4, -0.2) is 22.2 Å². The average molecular weight is 297 g/mol. The first-order valence-electron chi connectivity index (χ1n) is 2.07. The van der Waals surface area contributed by atoms with Crippen LogP contribution < -0.4 is 30.1 Å². The van der Waals surface area contributed by atoms with E-state index in [1.165, 1.54) is 0 Å². The summed E-state index contributed by atoms with van der Waals surface area (Å²) >= 11 is 0. The Labute approximate surface area is 99.7 Å². The van der Waals surface area contributed by atoms with Gasteiger partial charge in [-0.25, -0.2) is 0 Å². The first-order chi connectivity index (χ1) is 5.20. The molecule has 0 amide bonds. The van der Waals surface area contributed by atoms with Gasteiger partial charge >= 0.3 is 34.1 Å². The molecule has 0 unspecified atom stereocenters. The molecule has 0 aliphatic heterocycles. The predicted molar refractivity (Wildman–Crippen MR) is 20.6 cm³/mol. The summed E-state index contributed by atoms with van der Waals surface area (Å²) in [6, 6.07) is 0. The smallest absolute Gasteiger partial charge is 0.867 e. The van der Waals surface area contributed by atoms with Gasteiger partial charge in [0.1, 0.15) is 22.2 Å². The van der Waals surface area contributed by atoms with Gasteiger partial charge in [0.05, 0.1) is 0 Å². The van der Waals surface area contributed by atoms with Crippen LogP contribution in [0.2, 0.25) is 0 Å². The Morgan fingerprint density at radius 3 is 0.500 bits per heavy atom. The van der Waals surface area contributed by atoms with Gasteiger partial charge in [0, 0.05) is 0 Å². The van der Waals surface area contributed by atoms with E-state index in [2.05, 4.69) is 0 Å². The van der Waals surface area contributed by atoms with E-state index in [9.17, 15) is 12.9 Å². The van der Waals surface area contributed by atoms with Gasteiger partial charge < -0.3 is 43.1 Å². The Kier molecular flexibility index (Phi) is 49.3. The van der Waals surface area contributed by atoms with Crippen LogP contribution in [0.25, 0.3) is 0 Å². The molecular formula is B3F3Fe2O6. The maximum atomic E-state index is 9.89. The van der Waals surface area contributed by atoms with Crippen LogP contribution in [-0.2, 0) is 34.1 Å². The fraction of sp³-hybridized carbons (Fsp3) is 0. The van der Waals surface area contributed by atoms with Crippen LogP contribution in [0.1, 0.15) is 0 Å². The van der Waals surface area contributed by atoms with E-state index < -0.39 is 22.2 Å². The van der Waals surface area contributed by atoms with Crippen molar-refractivity contribution in [1.82, 2.24) is 0 Å². The summed E-state index contributed by atoms with van der Waals surface area (Å²) in [5.41, 5.74) is 0. The molecule has 14 heteroatoms. The minimum atomic E-state index is -3.17. The van der Waals surface area contributed by atoms with Gasteiger partial charge in [-0.05, 0) is 0 Å². The zero-order valence-corrected chi connectivity index (χ0v) is 8.23. The predicted octanol–water partition coefficient (Wildman–Crippen LogP) is -7.02. The van der Waals surface area contributed by atoms with Crippen LogP contribution in [0.5, 0.6) is 0 Å².